The van der Waals surface area contributed by atoms with E-state index in [1.807, 2.05) is 25.1 Å². The summed E-state index contributed by atoms with van der Waals surface area (Å²) in [5.74, 6) is 1.83. The van der Waals surface area contributed by atoms with Gasteiger partial charge in [0.05, 0.1) is 5.56 Å². The number of Topliss-reactive ketones (excluding diaryl/α,β-unsaturated/α-hetero) is 1. The highest BCUT2D eigenvalue weighted by Gasteiger charge is 2.41. The zero-order chi connectivity index (χ0) is 27.8. The van der Waals surface area contributed by atoms with E-state index in [1.165, 1.54) is 25.7 Å². The van der Waals surface area contributed by atoms with E-state index in [2.05, 4.69) is 15.5 Å². The molecule has 4 fully saturated rings. The van der Waals surface area contributed by atoms with Crippen molar-refractivity contribution in [1.82, 2.24) is 10.3 Å². The van der Waals surface area contributed by atoms with E-state index in [-0.39, 0.29) is 23.7 Å². The highest BCUT2D eigenvalue weighted by molar-refractivity contribution is 6.03. The van der Waals surface area contributed by atoms with Crippen molar-refractivity contribution < 1.29 is 14.4 Å². The number of hydrogen-bond donors (Lipinski definition) is 3. The van der Waals surface area contributed by atoms with Crippen LogP contribution in [0.5, 0.6) is 0 Å². The number of primary amides is 1. The van der Waals surface area contributed by atoms with Gasteiger partial charge >= 0.3 is 0 Å². The van der Waals surface area contributed by atoms with Gasteiger partial charge in [-0.1, -0.05) is 12.8 Å². The van der Waals surface area contributed by atoms with Crippen LogP contribution >= 0.6 is 0 Å². The molecule has 1 aromatic carbocycles. The molecule has 3 unspecified atom stereocenters. The number of carbonyl (C=O) groups excluding carboxylic acids is 3. The van der Waals surface area contributed by atoms with Crippen LogP contribution in [0.2, 0.25) is 0 Å². The van der Waals surface area contributed by atoms with Gasteiger partial charge in [-0.15, -0.1) is 0 Å². The summed E-state index contributed by atoms with van der Waals surface area (Å²) in [5, 5.41) is 6.73. The summed E-state index contributed by atoms with van der Waals surface area (Å²) >= 11 is 0. The van der Waals surface area contributed by atoms with Gasteiger partial charge in [-0.2, -0.15) is 0 Å². The number of piperidine rings is 1. The highest BCUT2D eigenvalue weighted by atomic mass is 16.2. The Balaban J connectivity index is 1.13. The lowest BCUT2D eigenvalue weighted by molar-refractivity contribution is 0.0933. The van der Waals surface area contributed by atoms with Crippen molar-refractivity contribution in [2.24, 2.45) is 23.5 Å². The van der Waals surface area contributed by atoms with Gasteiger partial charge in [0.15, 0.2) is 5.78 Å². The molecular formula is C32H41N5O3. The summed E-state index contributed by atoms with van der Waals surface area (Å²) in [7, 11) is 0. The van der Waals surface area contributed by atoms with Gasteiger partial charge in [0.2, 0.25) is 0 Å². The summed E-state index contributed by atoms with van der Waals surface area (Å²) in [4.78, 5) is 45.2. The van der Waals surface area contributed by atoms with Crippen LogP contribution in [0.4, 0.5) is 11.5 Å². The maximum Gasteiger partial charge on any atom is 0.251 e. The topological polar surface area (TPSA) is 117 Å². The van der Waals surface area contributed by atoms with Crippen molar-refractivity contribution in [1.29, 1.82) is 0 Å². The van der Waals surface area contributed by atoms with Crippen LogP contribution in [-0.4, -0.2) is 47.8 Å². The molecule has 212 valence electrons. The third-order valence-electron chi connectivity index (χ3n) is 9.57. The number of anilines is 2. The fourth-order valence-electron chi connectivity index (χ4n) is 7.20. The zero-order valence-electron chi connectivity index (χ0n) is 23.5. The largest absolute Gasteiger partial charge is 0.384 e. The number of hydrogen-bond acceptors (Lipinski definition) is 6. The van der Waals surface area contributed by atoms with Crippen LogP contribution in [0, 0.1) is 24.7 Å². The molecule has 1 saturated heterocycles. The molecule has 2 amide bonds. The molecule has 40 heavy (non-hydrogen) atoms. The quantitative estimate of drug-likeness (QED) is 0.389. The lowest BCUT2D eigenvalue weighted by atomic mass is 9.92. The Kier molecular flexibility index (Phi) is 7.51. The lowest BCUT2D eigenvalue weighted by Gasteiger charge is -2.38. The molecular weight excluding hydrogens is 502 g/mol. The first-order chi connectivity index (χ1) is 19.4. The number of nitrogens with two attached hydrogens (primary N) is 1. The molecule has 2 heterocycles. The van der Waals surface area contributed by atoms with Crippen molar-refractivity contribution in [3.8, 4) is 0 Å². The second-order valence-corrected chi connectivity index (χ2v) is 12.5. The van der Waals surface area contributed by atoms with Crippen molar-refractivity contribution in [3.63, 3.8) is 0 Å². The standard InChI is InChI=1S/C32H41N5O3/c1-19-13-26(31(33)39)27(34-17-20-5-2-3-6-20)16-25(19)32(40)36-24-14-22-7-4-12-37(28(22)15-24)29-11-10-23(18-35-29)30(38)21-8-9-21/h10-11,13,16,18,20-22,24,28,34H,2-9,12,14-15,17H2,1H3,(H2,33,39)(H,36,40). The summed E-state index contributed by atoms with van der Waals surface area (Å²) < 4.78 is 0. The fourth-order valence-corrected chi connectivity index (χ4v) is 7.20. The molecule has 3 atom stereocenters. The van der Waals surface area contributed by atoms with Crippen LogP contribution in [0.3, 0.4) is 0 Å². The van der Waals surface area contributed by atoms with Gasteiger partial charge in [-0.3, -0.25) is 14.4 Å². The zero-order valence-corrected chi connectivity index (χ0v) is 23.5. The molecule has 1 aromatic heterocycles. The fraction of sp³-hybridized carbons (Fsp3) is 0.562. The Morgan fingerprint density at radius 3 is 2.50 bits per heavy atom. The first-order valence-electron chi connectivity index (χ1n) is 15.1. The van der Waals surface area contributed by atoms with Gasteiger partial charge in [0, 0.05) is 54.1 Å². The minimum Gasteiger partial charge on any atom is -0.384 e. The normalized spacial score (nSPS) is 24.5. The maximum atomic E-state index is 13.5. The minimum absolute atomic E-state index is 0.0731. The van der Waals surface area contributed by atoms with E-state index in [0.29, 0.717) is 40.3 Å². The molecule has 3 saturated carbocycles. The van der Waals surface area contributed by atoms with Crippen LogP contribution in [0.1, 0.15) is 101 Å². The van der Waals surface area contributed by atoms with Gasteiger partial charge < -0.3 is 21.3 Å². The van der Waals surface area contributed by atoms with E-state index in [1.54, 1.807) is 12.3 Å². The number of aromatic nitrogens is 1. The third kappa shape index (κ3) is 5.58. The van der Waals surface area contributed by atoms with Gasteiger partial charge in [-0.05, 0) is 100.0 Å². The summed E-state index contributed by atoms with van der Waals surface area (Å²) in [6.45, 7) is 3.59. The molecule has 0 radical (unpaired) electrons. The van der Waals surface area contributed by atoms with Crippen LogP contribution < -0.4 is 21.3 Å². The van der Waals surface area contributed by atoms with Crippen LogP contribution in [-0.2, 0) is 0 Å². The number of nitrogens with one attached hydrogen (secondary N) is 2. The number of pyridine rings is 1. The summed E-state index contributed by atoms with van der Waals surface area (Å²) in [5.41, 5.74) is 8.82. The Labute approximate surface area is 236 Å². The molecule has 0 bridgehead atoms. The number of nitrogens with zero attached hydrogens (tertiary/aromatic N) is 2. The Morgan fingerprint density at radius 2 is 1.80 bits per heavy atom. The third-order valence-corrected chi connectivity index (χ3v) is 9.57. The van der Waals surface area contributed by atoms with E-state index < -0.39 is 5.91 Å². The monoisotopic (exact) mass is 543 g/mol. The predicted octanol–water partition coefficient (Wildman–Crippen LogP) is 4.86. The second kappa shape index (κ2) is 11.2. The minimum atomic E-state index is -0.484. The van der Waals surface area contributed by atoms with Crippen molar-refractivity contribution in [2.75, 3.05) is 23.3 Å². The summed E-state index contributed by atoms with van der Waals surface area (Å²) in [6, 6.07) is 7.86. The van der Waals surface area contributed by atoms with Gasteiger partial charge in [-0.25, -0.2) is 4.98 Å². The Hall–Kier alpha value is -3.42. The molecule has 2 aromatic rings. The second-order valence-electron chi connectivity index (χ2n) is 12.5. The van der Waals surface area contributed by atoms with E-state index in [0.717, 1.165) is 63.0 Å². The van der Waals surface area contributed by atoms with Gasteiger partial charge in [0.1, 0.15) is 5.82 Å². The average Bonchev–Trinajstić information content (AvgIpc) is 3.51. The molecule has 4 aliphatic rings. The number of fused-ring (bicyclic) bond motifs is 1. The molecule has 0 spiro atoms. The van der Waals surface area contributed by atoms with Crippen molar-refractivity contribution >= 4 is 29.1 Å². The van der Waals surface area contributed by atoms with Gasteiger partial charge in [0.25, 0.3) is 11.8 Å². The number of rotatable bonds is 9. The molecule has 6 rings (SSSR count). The maximum absolute atomic E-state index is 13.5. The number of aryl methyl sites for hydroxylation is 1. The number of benzene rings is 1. The first-order valence-corrected chi connectivity index (χ1v) is 15.1. The average molecular weight is 544 g/mol. The lowest BCUT2D eigenvalue weighted by Crippen LogP contribution is -2.43. The Morgan fingerprint density at radius 1 is 1.00 bits per heavy atom. The molecule has 3 aliphatic carbocycles. The number of amides is 2. The van der Waals surface area contributed by atoms with Crippen LogP contribution in [0.15, 0.2) is 30.5 Å². The molecule has 8 heteroatoms. The number of carbonyl (C=O) groups is 3. The van der Waals surface area contributed by atoms with Crippen LogP contribution in [0.25, 0.3) is 0 Å². The van der Waals surface area contributed by atoms with E-state index >= 15 is 0 Å². The predicted molar refractivity (Wildman–Crippen MR) is 156 cm³/mol. The molecule has 4 N–H and O–H groups in total. The SMILES string of the molecule is Cc1cc(C(N)=O)c(NCC2CCCC2)cc1C(=O)NC1CC2CCCN(c3ccc(C(=O)C4CC4)cn3)C2C1. The highest BCUT2D eigenvalue weighted by Crippen LogP contribution is 2.39. The smallest absolute Gasteiger partial charge is 0.251 e. The molecule has 1 aliphatic heterocycles. The van der Waals surface area contributed by atoms with Crippen molar-refractivity contribution in [2.45, 2.75) is 83.2 Å². The Bertz CT molecular complexity index is 1280. The first kappa shape index (κ1) is 26.8. The number of ketones is 1. The summed E-state index contributed by atoms with van der Waals surface area (Å²) in [6.07, 6.45) is 12.7. The van der Waals surface area contributed by atoms with Crippen molar-refractivity contribution in [3.05, 3.63) is 52.7 Å². The van der Waals surface area contributed by atoms with E-state index in [9.17, 15) is 14.4 Å². The molecule has 8 nitrogen and oxygen atoms in total. The van der Waals surface area contributed by atoms with E-state index in [4.69, 9.17) is 10.7 Å².